The van der Waals surface area contributed by atoms with Crippen LogP contribution >= 0.6 is 11.6 Å². The van der Waals surface area contributed by atoms with E-state index in [1.807, 2.05) is 36.4 Å². The molecule has 1 aromatic heterocycles. The lowest BCUT2D eigenvalue weighted by Gasteiger charge is -2.15. The lowest BCUT2D eigenvalue weighted by molar-refractivity contribution is 0.405. The maximum atomic E-state index is 9.70. The minimum Gasteiger partial charge on any atom is -0.495 e. The van der Waals surface area contributed by atoms with Crippen LogP contribution in [0.1, 0.15) is 5.56 Å². The molecule has 0 saturated carbocycles. The molecule has 26 heavy (non-hydrogen) atoms. The lowest BCUT2D eigenvalue weighted by Crippen LogP contribution is -2.01. The van der Waals surface area contributed by atoms with Gasteiger partial charge in [0, 0.05) is 23.9 Å². The molecule has 1 N–H and O–H groups in total. The van der Waals surface area contributed by atoms with Crippen molar-refractivity contribution < 1.29 is 9.47 Å². The molecule has 6 heteroatoms. The molecule has 5 nitrogen and oxygen atoms in total. The first-order valence-corrected chi connectivity index (χ1v) is 8.18. The van der Waals surface area contributed by atoms with Crippen molar-refractivity contribution in [2.75, 3.05) is 19.5 Å². The number of hydrogen-bond donors (Lipinski definition) is 1. The summed E-state index contributed by atoms with van der Waals surface area (Å²) in [6.07, 6.45) is 1.66. The molecule has 0 amide bonds. The van der Waals surface area contributed by atoms with Crippen molar-refractivity contribution in [2.24, 2.45) is 0 Å². The van der Waals surface area contributed by atoms with E-state index in [0.29, 0.717) is 33.6 Å². The zero-order valence-corrected chi connectivity index (χ0v) is 15.0. The van der Waals surface area contributed by atoms with Crippen LogP contribution in [0.5, 0.6) is 11.5 Å². The van der Waals surface area contributed by atoms with Gasteiger partial charge in [-0.15, -0.1) is 0 Å². The van der Waals surface area contributed by atoms with E-state index in [-0.39, 0.29) is 0 Å². The van der Waals surface area contributed by atoms with Crippen LogP contribution in [0.25, 0.3) is 11.1 Å². The fourth-order valence-corrected chi connectivity index (χ4v) is 2.84. The summed E-state index contributed by atoms with van der Waals surface area (Å²) in [6.45, 7) is 0. The summed E-state index contributed by atoms with van der Waals surface area (Å²) in [6, 6.07) is 17.1. The second kappa shape index (κ2) is 7.77. The van der Waals surface area contributed by atoms with Gasteiger partial charge >= 0.3 is 0 Å². The number of hydrogen-bond acceptors (Lipinski definition) is 5. The molecule has 3 aromatic rings. The van der Waals surface area contributed by atoms with Crippen LogP contribution in [-0.4, -0.2) is 19.2 Å². The molecule has 0 aliphatic rings. The summed E-state index contributed by atoms with van der Waals surface area (Å²) in [5.74, 6) is 1.44. The summed E-state index contributed by atoms with van der Waals surface area (Å²) >= 11 is 6.15. The van der Waals surface area contributed by atoms with Gasteiger partial charge in [-0.2, -0.15) is 5.26 Å². The van der Waals surface area contributed by atoms with Crippen molar-refractivity contribution >= 4 is 23.1 Å². The van der Waals surface area contributed by atoms with Gasteiger partial charge in [0.15, 0.2) is 0 Å². The fourth-order valence-electron chi connectivity index (χ4n) is 2.61. The van der Waals surface area contributed by atoms with Crippen molar-refractivity contribution in [3.8, 4) is 28.7 Å². The summed E-state index contributed by atoms with van der Waals surface area (Å²) < 4.78 is 10.6. The molecule has 0 spiro atoms. The van der Waals surface area contributed by atoms with Crippen LogP contribution in [0.2, 0.25) is 5.02 Å². The van der Waals surface area contributed by atoms with Crippen LogP contribution in [-0.2, 0) is 0 Å². The molecule has 0 atom stereocenters. The first kappa shape index (κ1) is 17.6. The van der Waals surface area contributed by atoms with Crippen molar-refractivity contribution in [1.82, 2.24) is 4.98 Å². The second-order valence-electron chi connectivity index (χ2n) is 5.37. The van der Waals surface area contributed by atoms with Gasteiger partial charge in [-0.05, 0) is 11.6 Å². The van der Waals surface area contributed by atoms with Gasteiger partial charge in [-0.3, -0.25) is 0 Å². The predicted molar refractivity (Wildman–Crippen MR) is 102 cm³/mol. The van der Waals surface area contributed by atoms with Crippen molar-refractivity contribution in [3.05, 3.63) is 65.3 Å². The van der Waals surface area contributed by atoms with E-state index < -0.39 is 0 Å². The predicted octanol–water partition coefficient (Wildman–Crippen LogP) is 5.03. The van der Waals surface area contributed by atoms with Gasteiger partial charge in [0.1, 0.15) is 28.9 Å². The Morgan fingerprint density at radius 3 is 2.42 bits per heavy atom. The molecular weight excluding hydrogens is 350 g/mol. The molecular formula is C20H16ClN3O2. The molecule has 1 heterocycles. The maximum absolute atomic E-state index is 9.70. The summed E-state index contributed by atoms with van der Waals surface area (Å²) in [5.41, 5.74) is 2.78. The summed E-state index contributed by atoms with van der Waals surface area (Å²) in [7, 11) is 3.08. The molecule has 130 valence electrons. The zero-order chi connectivity index (χ0) is 18.5. The number of aromatic nitrogens is 1. The average molecular weight is 366 g/mol. The zero-order valence-electron chi connectivity index (χ0n) is 14.3. The van der Waals surface area contributed by atoms with Gasteiger partial charge in [0.2, 0.25) is 0 Å². The first-order chi connectivity index (χ1) is 12.7. The van der Waals surface area contributed by atoms with Gasteiger partial charge in [-0.25, -0.2) is 4.98 Å². The maximum Gasteiger partial charge on any atom is 0.149 e. The monoisotopic (exact) mass is 365 g/mol. The Morgan fingerprint density at radius 1 is 1.04 bits per heavy atom. The third kappa shape index (κ3) is 3.41. The highest BCUT2D eigenvalue weighted by Gasteiger charge is 2.15. The third-order valence-electron chi connectivity index (χ3n) is 3.87. The minimum atomic E-state index is 0.427. The number of benzene rings is 2. The number of rotatable bonds is 5. The smallest absolute Gasteiger partial charge is 0.149 e. The van der Waals surface area contributed by atoms with E-state index in [9.17, 15) is 5.26 Å². The standard InChI is InChI=1S/C20H16ClN3O2/c1-25-18-11-17(19(26-2)10-16(18)21)24-20-15(12-22)14(8-9-23-20)13-6-4-3-5-7-13/h3-11H,1-2H3,(H,23,24). The number of pyridine rings is 1. The molecule has 0 unspecified atom stereocenters. The first-order valence-electron chi connectivity index (χ1n) is 7.81. The number of halogens is 1. The van der Waals surface area contributed by atoms with Crippen molar-refractivity contribution in [3.63, 3.8) is 0 Å². The largest absolute Gasteiger partial charge is 0.495 e. The highest BCUT2D eigenvalue weighted by molar-refractivity contribution is 6.32. The number of anilines is 2. The van der Waals surface area contributed by atoms with Gasteiger partial charge in [-0.1, -0.05) is 41.9 Å². The molecule has 0 radical (unpaired) electrons. The minimum absolute atomic E-state index is 0.427. The summed E-state index contributed by atoms with van der Waals surface area (Å²) in [5, 5.41) is 13.3. The highest BCUT2D eigenvalue weighted by Crippen LogP contribution is 2.38. The van der Waals surface area contributed by atoms with Crippen molar-refractivity contribution in [2.45, 2.75) is 0 Å². The number of nitrogens with one attached hydrogen (secondary N) is 1. The number of methoxy groups -OCH3 is 2. The van der Waals surface area contributed by atoms with Crippen LogP contribution in [0.4, 0.5) is 11.5 Å². The van der Waals surface area contributed by atoms with E-state index in [1.54, 1.807) is 25.4 Å². The SMILES string of the molecule is COc1cc(Nc2nccc(-c3ccccc3)c2C#N)c(OC)cc1Cl. The summed E-state index contributed by atoms with van der Waals surface area (Å²) in [4.78, 5) is 4.32. The topological polar surface area (TPSA) is 67.2 Å². The van der Waals surface area contributed by atoms with E-state index in [1.165, 1.54) is 7.11 Å². The van der Waals surface area contributed by atoms with Gasteiger partial charge < -0.3 is 14.8 Å². The molecule has 0 aliphatic heterocycles. The van der Waals surface area contributed by atoms with Gasteiger partial charge in [0.05, 0.1) is 24.9 Å². The fraction of sp³-hybridized carbons (Fsp3) is 0.100. The van der Waals surface area contributed by atoms with Crippen LogP contribution in [0, 0.1) is 11.3 Å². The van der Waals surface area contributed by atoms with Crippen LogP contribution in [0.3, 0.4) is 0 Å². The molecule has 0 fully saturated rings. The molecule has 0 aliphatic carbocycles. The van der Waals surface area contributed by atoms with Crippen LogP contribution < -0.4 is 14.8 Å². The number of ether oxygens (including phenoxy) is 2. The van der Waals surface area contributed by atoms with Crippen molar-refractivity contribution in [1.29, 1.82) is 5.26 Å². The molecule has 2 aromatic carbocycles. The Hall–Kier alpha value is -3.23. The van der Waals surface area contributed by atoms with E-state index in [0.717, 1.165) is 11.1 Å². The normalized spacial score (nSPS) is 10.1. The van der Waals surface area contributed by atoms with Crippen LogP contribution in [0.15, 0.2) is 54.7 Å². The Bertz CT molecular complexity index is 969. The quantitative estimate of drug-likeness (QED) is 0.686. The second-order valence-corrected chi connectivity index (χ2v) is 5.78. The Morgan fingerprint density at radius 2 is 1.77 bits per heavy atom. The molecule has 0 bridgehead atoms. The highest BCUT2D eigenvalue weighted by atomic mass is 35.5. The Kier molecular flexibility index (Phi) is 5.26. The molecule has 3 rings (SSSR count). The van der Waals surface area contributed by atoms with Gasteiger partial charge in [0.25, 0.3) is 0 Å². The average Bonchev–Trinajstić information content (AvgIpc) is 2.69. The number of nitriles is 1. The third-order valence-corrected chi connectivity index (χ3v) is 4.17. The lowest BCUT2D eigenvalue weighted by atomic mass is 10.0. The van der Waals surface area contributed by atoms with E-state index in [4.69, 9.17) is 21.1 Å². The Labute approximate surface area is 156 Å². The number of nitrogens with zero attached hydrogens (tertiary/aromatic N) is 2. The Balaban J connectivity index is 2.08. The molecule has 0 saturated heterocycles. The van der Waals surface area contributed by atoms with E-state index >= 15 is 0 Å². The van der Waals surface area contributed by atoms with E-state index in [2.05, 4.69) is 16.4 Å².